The molecule has 2 rings (SSSR count). The summed E-state index contributed by atoms with van der Waals surface area (Å²) >= 11 is 0. The zero-order valence-corrected chi connectivity index (χ0v) is 13.0. The monoisotopic (exact) mass is 285 g/mol. The minimum Gasteiger partial charge on any atom is -0.395 e. The van der Waals surface area contributed by atoms with Crippen molar-refractivity contribution in [3.63, 3.8) is 0 Å². The van der Waals surface area contributed by atoms with E-state index in [1.807, 2.05) is 25.1 Å². The van der Waals surface area contributed by atoms with E-state index in [0.29, 0.717) is 23.3 Å². The van der Waals surface area contributed by atoms with E-state index >= 15 is 0 Å². The van der Waals surface area contributed by atoms with Gasteiger partial charge in [-0.1, -0.05) is 37.3 Å². The number of aliphatic hydroxyl groups excluding tert-OH is 1. The molecule has 3 nitrogen and oxygen atoms in total. The van der Waals surface area contributed by atoms with Crippen molar-refractivity contribution in [2.45, 2.75) is 33.6 Å². The Labute approximate surface area is 126 Å². The molecule has 0 aliphatic heterocycles. The van der Waals surface area contributed by atoms with E-state index < -0.39 is 0 Å². The molecule has 112 valence electrons. The third kappa shape index (κ3) is 4.09. The summed E-state index contributed by atoms with van der Waals surface area (Å²) in [5.41, 5.74) is 2.75. The lowest BCUT2D eigenvalue weighted by Gasteiger charge is -2.09. The minimum atomic E-state index is -0.0605. The average molecular weight is 285 g/mol. The summed E-state index contributed by atoms with van der Waals surface area (Å²) < 4.78 is 0. The Morgan fingerprint density at radius 2 is 2.19 bits per heavy atom. The molecule has 1 saturated carbocycles. The number of hydrogen-bond acceptors (Lipinski definition) is 2. The molecule has 1 unspecified atom stereocenters. The van der Waals surface area contributed by atoms with Gasteiger partial charge in [-0.3, -0.25) is 4.79 Å². The van der Waals surface area contributed by atoms with Gasteiger partial charge >= 0.3 is 0 Å². The third-order valence-electron chi connectivity index (χ3n) is 4.11. The maximum absolute atomic E-state index is 12.4. The van der Waals surface area contributed by atoms with Crippen LogP contribution in [-0.2, 0) is 0 Å². The maximum Gasteiger partial charge on any atom is 0.252 e. The summed E-state index contributed by atoms with van der Waals surface area (Å²) in [4.78, 5) is 12.4. The fraction of sp³-hybridized carbons (Fsp3) is 0.500. The first-order chi connectivity index (χ1) is 9.94. The second-order valence-corrected chi connectivity index (χ2v) is 6.42. The molecule has 1 aromatic carbocycles. The molecule has 1 atom stereocenters. The first kappa shape index (κ1) is 15.6. The highest BCUT2D eigenvalue weighted by molar-refractivity contribution is 5.97. The van der Waals surface area contributed by atoms with Gasteiger partial charge in [-0.15, -0.1) is 0 Å². The summed E-state index contributed by atoms with van der Waals surface area (Å²) in [5.74, 6) is 6.37. The molecule has 0 radical (unpaired) electrons. The number of hydrogen-bond donors (Lipinski definition) is 2. The second-order valence-electron chi connectivity index (χ2n) is 6.42. The van der Waals surface area contributed by atoms with Crippen LogP contribution in [0, 0.1) is 30.1 Å². The zero-order valence-electron chi connectivity index (χ0n) is 13.0. The molecule has 1 fully saturated rings. The molecule has 0 heterocycles. The Hall–Kier alpha value is -1.79. The quantitative estimate of drug-likeness (QED) is 0.835. The van der Waals surface area contributed by atoms with Gasteiger partial charge in [-0.05, 0) is 36.8 Å². The number of carbonyl (C=O) groups excluding carboxylic acids is 1. The predicted octanol–water partition coefficient (Wildman–Crippen LogP) is 2.50. The van der Waals surface area contributed by atoms with Gasteiger partial charge < -0.3 is 10.4 Å². The first-order valence-corrected chi connectivity index (χ1v) is 7.42. The van der Waals surface area contributed by atoms with Gasteiger partial charge in [0.25, 0.3) is 5.91 Å². The zero-order chi connectivity index (χ0) is 15.5. The van der Waals surface area contributed by atoms with Crippen LogP contribution in [0.3, 0.4) is 0 Å². The van der Waals surface area contributed by atoms with Gasteiger partial charge in [0.15, 0.2) is 0 Å². The Balaban J connectivity index is 2.08. The molecule has 1 aromatic rings. The van der Waals surface area contributed by atoms with E-state index in [-0.39, 0.29) is 12.5 Å². The van der Waals surface area contributed by atoms with Gasteiger partial charge in [0.2, 0.25) is 0 Å². The molecular weight excluding hydrogens is 262 g/mol. The van der Waals surface area contributed by atoms with E-state index in [2.05, 4.69) is 31.0 Å². The summed E-state index contributed by atoms with van der Waals surface area (Å²) in [7, 11) is 0. The van der Waals surface area contributed by atoms with Crippen LogP contribution >= 0.6 is 0 Å². The lowest BCUT2D eigenvalue weighted by Crippen LogP contribution is -2.27. The molecule has 21 heavy (non-hydrogen) atoms. The highest BCUT2D eigenvalue weighted by Crippen LogP contribution is 2.50. The summed E-state index contributed by atoms with van der Waals surface area (Å²) in [6, 6.07) is 5.69. The molecule has 1 aliphatic rings. The fourth-order valence-electron chi connectivity index (χ4n) is 2.40. The van der Waals surface area contributed by atoms with Crippen molar-refractivity contribution < 1.29 is 9.90 Å². The lowest BCUT2D eigenvalue weighted by atomic mass is 10.0. The Morgan fingerprint density at radius 3 is 2.81 bits per heavy atom. The standard InChI is InChI=1S/C18H23NO2/c1-13-7-8-14(6-4-5-9-20)16(10-13)17(21)19-12-15-11-18(15,2)3/h7-8,10,15,20H,5,9,11-12H2,1-3H3,(H,19,21). The number of aliphatic hydroxyl groups is 1. The fourth-order valence-corrected chi connectivity index (χ4v) is 2.40. The van der Waals surface area contributed by atoms with Crippen molar-refractivity contribution in [2.75, 3.05) is 13.2 Å². The van der Waals surface area contributed by atoms with Gasteiger partial charge in [-0.2, -0.15) is 0 Å². The molecule has 2 N–H and O–H groups in total. The highest BCUT2D eigenvalue weighted by Gasteiger charge is 2.45. The van der Waals surface area contributed by atoms with Crippen molar-refractivity contribution in [1.29, 1.82) is 0 Å². The van der Waals surface area contributed by atoms with Crippen LogP contribution in [0.25, 0.3) is 0 Å². The molecule has 1 amide bonds. The Kier molecular flexibility index (Phi) is 4.69. The average Bonchev–Trinajstić information content (AvgIpc) is 3.05. The summed E-state index contributed by atoms with van der Waals surface area (Å²) in [5, 5.41) is 11.8. The van der Waals surface area contributed by atoms with Crippen molar-refractivity contribution in [3.8, 4) is 11.8 Å². The highest BCUT2D eigenvalue weighted by atomic mass is 16.2. The topological polar surface area (TPSA) is 49.3 Å². The lowest BCUT2D eigenvalue weighted by molar-refractivity contribution is 0.0950. The molecular formula is C18H23NO2. The van der Waals surface area contributed by atoms with Crippen LogP contribution in [0.2, 0.25) is 0 Å². The van der Waals surface area contributed by atoms with Crippen LogP contribution in [0.4, 0.5) is 0 Å². The first-order valence-electron chi connectivity index (χ1n) is 7.42. The Bertz CT molecular complexity index is 593. The minimum absolute atomic E-state index is 0.0388. The largest absolute Gasteiger partial charge is 0.395 e. The van der Waals surface area contributed by atoms with Crippen LogP contribution < -0.4 is 5.32 Å². The van der Waals surface area contributed by atoms with Crippen LogP contribution in [0.5, 0.6) is 0 Å². The number of amides is 1. The van der Waals surface area contributed by atoms with E-state index in [1.54, 1.807) is 0 Å². The van der Waals surface area contributed by atoms with E-state index in [4.69, 9.17) is 5.11 Å². The van der Waals surface area contributed by atoms with E-state index in [9.17, 15) is 4.79 Å². The van der Waals surface area contributed by atoms with Gasteiger partial charge in [-0.25, -0.2) is 0 Å². The third-order valence-corrected chi connectivity index (χ3v) is 4.11. The van der Waals surface area contributed by atoms with Crippen LogP contribution in [-0.4, -0.2) is 24.2 Å². The number of aryl methyl sites for hydroxylation is 1. The van der Waals surface area contributed by atoms with E-state index in [1.165, 1.54) is 6.42 Å². The molecule has 0 aromatic heterocycles. The molecule has 0 saturated heterocycles. The van der Waals surface area contributed by atoms with Crippen molar-refractivity contribution in [1.82, 2.24) is 5.32 Å². The molecule has 0 bridgehead atoms. The summed E-state index contributed by atoms with van der Waals surface area (Å²) in [6.07, 6.45) is 1.59. The second kappa shape index (κ2) is 6.32. The molecule has 0 spiro atoms. The smallest absolute Gasteiger partial charge is 0.252 e. The van der Waals surface area contributed by atoms with Crippen LogP contribution in [0.15, 0.2) is 18.2 Å². The predicted molar refractivity (Wildman–Crippen MR) is 84.0 cm³/mol. The van der Waals surface area contributed by atoms with Gasteiger partial charge in [0.05, 0.1) is 12.2 Å². The summed E-state index contributed by atoms with van der Waals surface area (Å²) in [6.45, 7) is 7.18. The van der Waals surface area contributed by atoms with Crippen molar-refractivity contribution >= 4 is 5.91 Å². The number of rotatable bonds is 4. The van der Waals surface area contributed by atoms with Crippen LogP contribution in [0.1, 0.15) is 48.2 Å². The maximum atomic E-state index is 12.4. The molecule has 3 heteroatoms. The SMILES string of the molecule is Cc1ccc(C#CCCO)c(C(=O)NCC2CC2(C)C)c1. The van der Waals surface area contributed by atoms with E-state index in [0.717, 1.165) is 17.7 Å². The van der Waals surface area contributed by atoms with Gasteiger partial charge in [0, 0.05) is 18.5 Å². The molecule has 1 aliphatic carbocycles. The Morgan fingerprint density at radius 1 is 1.48 bits per heavy atom. The van der Waals surface area contributed by atoms with Crippen molar-refractivity contribution in [3.05, 3.63) is 34.9 Å². The number of carbonyl (C=O) groups is 1. The number of nitrogens with one attached hydrogen (secondary N) is 1. The number of benzene rings is 1. The van der Waals surface area contributed by atoms with Crippen molar-refractivity contribution in [2.24, 2.45) is 11.3 Å². The normalized spacial score (nSPS) is 18.6. The van der Waals surface area contributed by atoms with Gasteiger partial charge in [0.1, 0.15) is 0 Å².